The van der Waals surface area contributed by atoms with Gasteiger partial charge < -0.3 is 10.6 Å². The smallest absolute Gasteiger partial charge is 0.251 e. The number of thiazole rings is 1. The summed E-state index contributed by atoms with van der Waals surface area (Å²) >= 11 is 1.42. The van der Waals surface area contributed by atoms with Gasteiger partial charge in [0, 0.05) is 24.0 Å². The molecule has 2 amide bonds. The third-order valence-electron chi connectivity index (χ3n) is 4.37. The molecule has 26 heavy (non-hydrogen) atoms. The standard InChI is InChI=1S/C19H24N4O2S/c1-14-6-5-9-23(11-14)12-16-13-26-19(21-16)22-17(24)10-20-18(25)15-7-3-2-4-8-15/h2-4,7-8,13-14H,5-6,9-12H2,1H3,(H,20,25)(H,21,22,24)/t14-/m1/s1. The number of hydrogen-bond donors (Lipinski definition) is 2. The second-order valence-electron chi connectivity index (χ2n) is 6.72. The molecule has 138 valence electrons. The van der Waals surface area contributed by atoms with Crippen LogP contribution in [-0.2, 0) is 11.3 Å². The molecule has 0 bridgehead atoms. The van der Waals surface area contributed by atoms with Crippen molar-refractivity contribution in [1.82, 2.24) is 15.2 Å². The number of hydrogen-bond acceptors (Lipinski definition) is 5. The zero-order valence-corrected chi connectivity index (χ0v) is 15.7. The summed E-state index contributed by atoms with van der Waals surface area (Å²) in [5, 5.41) is 7.92. The van der Waals surface area contributed by atoms with Gasteiger partial charge in [0.25, 0.3) is 5.91 Å². The Morgan fingerprint density at radius 2 is 2.12 bits per heavy atom. The number of carbonyl (C=O) groups excluding carboxylic acids is 2. The number of piperidine rings is 1. The highest BCUT2D eigenvalue weighted by Gasteiger charge is 2.17. The van der Waals surface area contributed by atoms with E-state index in [1.165, 1.54) is 24.2 Å². The van der Waals surface area contributed by atoms with Crippen LogP contribution in [0.1, 0.15) is 35.8 Å². The van der Waals surface area contributed by atoms with E-state index in [1.54, 1.807) is 24.3 Å². The van der Waals surface area contributed by atoms with E-state index in [4.69, 9.17) is 0 Å². The highest BCUT2D eigenvalue weighted by molar-refractivity contribution is 7.13. The van der Waals surface area contributed by atoms with Crippen molar-refractivity contribution in [1.29, 1.82) is 0 Å². The first-order valence-corrected chi connectivity index (χ1v) is 9.78. The molecule has 1 aromatic heterocycles. The molecule has 1 saturated heterocycles. The average molecular weight is 372 g/mol. The second kappa shape index (κ2) is 8.91. The van der Waals surface area contributed by atoms with Gasteiger partial charge >= 0.3 is 0 Å². The largest absolute Gasteiger partial charge is 0.343 e. The van der Waals surface area contributed by atoms with E-state index in [0.717, 1.165) is 31.2 Å². The van der Waals surface area contributed by atoms with Gasteiger partial charge in [0.2, 0.25) is 5.91 Å². The number of likely N-dealkylation sites (tertiary alicyclic amines) is 1. The fraction of sp³-hybridized carbons (Fsp3) is 0.421. The Morgan fingerprint density at radius 3 is 2.88 bits per heavy atom. The highest BCUT2D eigenvalue weighted by Crippen LogP contribution is 2.20. The minimum Gasteiger partial charge on any atom is -0.343 e. The molecule has 0 radical (unpaired) electrons. The monoisotopic (exact) mass is 372 g/mol. The molecule has 3 rings (SSSR count). The zero-order chi connectivity index (χ0) is 18.4. The first kappa shape index (κ1) is 18.5. The second-order valence-corrected chi connectivity index (χ2v) is 7.58. The number of nitrogens with zero attached hydrogens (tertiary/aromatic N) is 2. The first-order valence-electron chi connectivity index (χ1n) is 8.90. The Kier molecular flexibility index (Phi) is 6.35. The van der Waals surface area contributed by atoms with Gasteiger partial charge in [-0.1, -0.05) is 25.1 Å². The number of carbonyl (C=O) groups is 2. The third kappa shape index (κ3) is 5.37. The van der Waals surface area contributed by atoms with Crippen LogP contribution in [0.3, 0.4) is 0 Å². The molecule has 7 heteroatoms. The first-order chi connectivity index (χ1) is 12.6. The quantitative estimate of drug-likeness (QED) is 0.818. The van der Waals surface area contributed by atoms with Gasteiger partial charge in [-0.25, -0.2) is 4.98 Å². The van der Waals surface area contributed by atoms with Crippen LogP contribution in [0.5, 0.6) is 0 Å². The predicted molar refractivity (Wildman–Crippen MR) is 103 cm³/mol. The Bertz CT molecular complexity index is 747. The van der Waals surface area contributed by atoms with Crippen LogP contribution >= 0.6 is 11.3 Å². The maximum atomic E-state index is 12.0. The van der Waals surface area contributed by atoms with Crippen LogP contribution in [0.15, 0.2) is 35.7 Å². The van der Waals surface area contributed by atoms with Gasteiger partial charge in [-0.2, -0.15) is 0 Å². The molecular formula is C19H24N4O2S. The van der Waals surface area contributed by atoms with Crippen LogP contribution < -0.4 is 10.6 Å². The van der Waals surface area contributed by atoms with Crippen molar-refractivity contribution in [2.24, 2.45) is 5.92 Å². The number of amides is 2. The molecule has 2 heterocycles. The van der Waals surface area contributed by atoms with Gasteiger partial charge in [0.05, 0.1) is 12.2 Å². The van der Waals surface area contributed by atoms with E-state index in [2.05, 4.69) is 27.4 Å². The summed E-state index contributed by atoms with van der Waals surface area (Å²) in [6.07, 6.45) is 2.53. The Morgan fingerprint density at radius 1 is 1.31 bits per heavy atom. The number of aromatic nitrogens is 1. The summed E-state index contributed by atoms with van der Waals surface area (Å²) in [4.78, 5) is 30.9. The summed E-state index contributed by atoms with van der Waals surface area (Å²) in [6, 6.07) is 8.84. The normalized spacial score (nSPS) is 17.7. The predicted octanol–water partition coefficient (Wildman–Crippen LogP) is 2.74. The Balaban J connectivity index is 1.44. The molecule has 1 aliphatic heterocycles. The van der Waals surface area contributed by atoms with Gasteiger partial charge in [0.15, 0.2) is 5.13 Å². The van der Waals surface area contributed by atoms with E-state index in [1.807, 2.05) is 11.4 Å². The van der Waals surface area contributed by atoms with Gasteiger partial charge in [-0.15, -0.1) is 11.3 Å². The van der Waals surface area contributed by atoms with Crippen molar-refractivity contribution in [3.63, 3.8) is 0 Å². The lowest BCUT2D eigenvalue weighted by Crippen LogP contribution is -2.34. The molecule has 0 unspecified atom stereocenters. The molecule has 1 fully saturated rings. The minimum absolute atomic E-state index is 0.0771. The maximum Gasteiger partial charge on any atom is 0.251 e. The SMILES string of the molecule is C[C@@H]1CCCN(Cc2csc(NC(=O)CNC(=O)c3ccccc3)n2)C1. The average Bonchev–Trinajstić information content (AvgIpc) is 3.07. The zero-order valence-electron chi connectivity index (χ0n) is 14.9. The molecule has 1 aromatic carbocycles. The maximum absolute atomic E-state index is 12.0. The van der Waals surface area contributed by atoms with Crippen molar-refractivity contribution < 1.29 is 9.59 Å². The van der Waals surface area contributed by atoms with E-state index < -0.39 is 0 Å². The summed E-state index contributed by atoms with van der Waals surface area (Å²) < 4.78 is 0. The molecule has 6 nitrogen and oxygen atoms in total. The lowest BCUT2D eigenvalue weighted by Gasteiger charge is -2.30. The molecule has 1 aliphatic rings. The lowest BCUT2D eigenvalue weighted by molar-refractivity contribution is -0.115. The minimum atomic E-state index is -0.276. The topological polar surface area (TPSA) is 74.3 Å². The van der Waals surface area contributed by atoms with Crippen molar-refractivity contribution in [3.05, 3.63) is 47.0 Å². The summed E-state index contributed by atoms with van der Waals surface area (Å²) in [6.45, 7) is 5.23. The fourth-order valence-corrected chi connectivity index (χ4v) is 3.83. The van der Waals surface area contributed by atoms with Crippen molar-refractivity contribution in [3.8, 4) is 0 Å². The molecule has 0 spiro atoms. The molecule has 2 N–H and O–H groups in total. The number of rotatable bonds is 6. The van der Waals surface area contributed by atoms with Gasteiger partial charge in [-0.3, -0.25) is 14.5 Å². The van der Waals surface area contributed by atoms with Crippen molar-refractivity contribution in [2.75, 3.05) is 25.0 Å². The third-order valence-corrected chi connectivity index (χ3v) is 5.18. The summed E-state index contributed by atoms with van der Waals surface area (Å²) in [7, 11) is 0. The molecule has 1 atom stereocenters. The van der Waals surface area contributed by atoms with Crippen LogP contribution in [-0.4, -0.2) is 41.3 Å². The van der Waals surface area contributed by atoms with E-state index >= 15 is 0 Å². The van der Waals surface area contributed by atoms with Crippen LogP contribution in [0, 0.1) is 5.92 Å². The fourth-order valence-electron chi connectivity index (χ4n) is 3.11. The number of nitrogens with one attached hydrogen (secondary N) is 2. The Hall–Kier alpha value is -2.25. The van der Waals surface area contributed by atoms with Crippen LogP contribution in [0.25, 0.3) is 0 Å². The molecular weight excluding hydrogens is 348 g/mol. The van der Waals surface area contributed by atoms with E-state index in [0.29, 0.717) is 10.7 Å². The van der Waals surface area contributed by atoms with Gasteiger partial charge in [-0.05, 0) is 37.4 Å². The van der Waals surface area contributed by atoms with E-state index in [-0.39, 0.29) is 18.4 Å². The highest BCUT2D eigenvalue weighted by atomic mass is 32.1. The van der Waals surface area contributed by atoms with Gasteiger partial charge in [0.1, 0.15) is 0 Å². The Labute approximate surface area is 157 Å². The summed E-state index contributed by atoms with van der Waals surface area (Å²) in [5.41, 5.74) is 1.51. The van der Waals surface area contributed by atoms with Crippen LogP contribution in [0.4, 0.5) is 5.13 Å². The van der Waals surface area contributed by atoms with E-state index in [9.17, 15) is 9.59 Å². The molecule has 0 aliphatic carbocycles. The van der Waals surface area contributed by atoms with Crippen molar-refractivity contribution >= 4 is 28.3 Å². The number of benzene rings is 1. The van der Waals surface area contributed by atoms with Crippen LogP contribution in [0.2, 0.25) is 0 Å². The summed E-state index contributed by atoms with van der Waals surface area (Å²) in [5.74, 6) is 0.191. The number of anilines is 1. The van der Waals surface area contributed by atoms with Crippen molar-refractivity contribution in [2.45, 2.75) is 26.3 Å². The lowest BCUT2D eigenvalue weighted by atomic mass is 10.0. The molecule has 0 saturated carbocycles. The molecule has 2 aromatic rings.